The highest BCUT2D eigenvalue weighted by atomic mass is 19.1. The minimum absolute atomic E-state index is 0.106. The van der Waals surface area contributed by atoms with Crippen molar-refractivity contribution < 1.29 is 9.18 Å². The lowest BCUT2D eigenvalue weighted by Gasteiger charge is -2.29. The number of carbonyl (C=O) groups is 1. The van der Waals surface area contributed by atoms with Crippen molar-refractivity contribution in [2.45, 2.75) is 46.7 Å². The van der Waals surface area contributed by atoms with Gasteiger partial charge in [0.05, 0.1) is 11.2 Å². The Labute approximate surface area is 201 Å². The molecule has 1 aliphatic heterocycles. The average molecular weight is 463 g/mol. The standard InChI is InChI=1S/C28H35FN4O/c1-4-31(17-21-7-9-24(29)10-8-21)26-16-23(28(34)32-13-11-30-12-14-32)15-25-19(2)20(3)33(27(25)26)18-22-5-6-22/h7-10,15-16,22,30H,4-6,11-14,17-18H2,1-3H3. The minimum Gasteiger partial charge on any atom is -0.366 e. The maximum Gasteiger partial charge on any atom is 0.254 e. The number of piperazine rings is 1. The molecule has 0 radical (unpaired) electrons. The van der Waals surface area contributed by atoms with E-state index in [1.165, 1.54) is 47.1 Å². The number of benzene rings is 2. The SMILES string of the molecule is CCN(Cc1ccc(F)cc1)c1cc(C(=O)N2CCNCC2)cc2c(C)c(C)n(CC3CC3)c12. The van der Waals surface area contributed by atoms with E-state index in [9.17, 15) is 9.18 Å². The second kappa shape index (κ2) is 9.41. The van der Waals surface area contributed by atoms with E-state index in [2.05, 4.69) is 47.7 Å². The highest BCUT2D eigenvalue weighted by Crippen LogP contribution is 2.39. The number of fused-ring (bicyclic) bond motifs is 1. The van der Waals surface area contributed by atoms with E-state index in [0.717, 1.165) is 62.0 Å². The molecule has 2 aliphatic rings. The predicted molar refractivity (Wildman–Crippen MR) is 136 cm³/mol. The fraction of sp³-hybridized carbons (Fsp3) is 0.464. The monoisotopic (exact) mass is 462 g/mol. The first-order valence-electron chi connectivity index (χ1n) is 12.6. The molecule has 1 aromatic heterocycles. The van der Waals surface area contributed by atoms with Gasteiger partial charge in [-0.2, -0.15) is 0 Å². The molecule has 1 aliphatic carbocycles. The molecule has 5 rings (SSSR count). The zero-order chi connectivity index (χ0) is 23.8. The quantitative estimate of drug-likeness (QED) is 0.544. The Morgan fingerprint density at radius 3 is 2.47 bits per heavy atom. The van der Waals surface area contributed by atoms with Gasteiger partial charge in [-0.05, 0) is 74.9 Å². The summed E-state index contributed by atoms with van der Waals surface area (Å²) in [5.74, 6) is 0.632. The van der Waals surface area contributed by atoms with Gasteiger partial charge in [-0.25, -0.2) is 4.39 Å². The molecule has 1 amide bonds. The first-order chi connectivity index (χ1) is 16.5. The third-order valence-corrected chi connectivity index (χ3v) is 7.51. The number of halogens is 1. The van der Waals surface area contributed by atoms with E-state index in [1.807, 2.05) is 17.0 Å². The van der Waals surface area contributed by atoms with Crippen LogP contribution in [0.3, 0.4) is 0 Å². The van der Waals surface area contributed by atoms with Crippen LogP contribution in [-0.4, -0.2) is 48.1 Å². The first kappa shape index (κ1) is 22.9. The smallest absolute Gasteiger partial charge is 0.254 e. The number of nitrogens with zero attached hydrogens (tertiary/aromatic N) is 3. The van der Waals surface area contributed by atoms with E-state index in [0.29, 0.717) is 6.54 Å². The highest BCUT2D eigenvalue weighted by Gasteiger charge is 2.27. The van der Waals surface area contributed by atoms with Crippen molar-refractivity contribution in [2.75, 3.05) is 37.6 Å². The Hall–Kier alpha value is -2.86. The molecule has 3 aromatic rings. The van der Waals surface area contributed by atoms with Gasteiger partial charge in [0.2, 0.25) is 0 Å². The number of anilines is 1. The van der Waals surface area contributed by atoms with Gasteiger partial charge in [0.15, 0.2) is 0 Å². The van der Waals surface area contributed by atoms with Crippen molar-refractivity contribution in [3.8, 4) is 0 Å². The molecular formula is C28H35FN4O. The number of carbonyl (C=O) groups excluding carboxylic acids is 1. The molecule has 2 fully saturated rings. The van der Waals surface area contributed by atoms with Crippen LogP contribution in [0.4, 0.5) is 10.1 Å². The Bertz CT molecular complexity index is 1190. The van der Waals surface area contributed by atoms with Crippen LogP contribution in [0.1, 0.15) is 46.9 Å². The molecule has 2 aromatic carbocycles. The van der Waals surface area contributed by atoms with Crippen molar-refractivity contribution in [3.05, 3.63) is 64.6 Å². The summed E-state index contributed by atoms with van der Waals surface area (Å²) < 4.78 is 16.0. The second-order valence-corrected chi connectivity index (χ2v) is 9.84. The Morgan fingerprint density at radius 1 is 1.12 bits per heavy atom. The molecule has 0 atom stereocenters. The van der Waals surface area contributed by atoms with Gasteiger partial charge in [0.1, 0.15) is 5.82 Å². The van der Waals surface area contributed by atoms with Crippen LogP contribution in [0.25, 0.3) is 10.9 Å². The van der Waals surface area contributed by atoms with E-state index in [1.54, 1.807) is 0 Å². The molecule has 6 heteroatoms. The van der Waals surface area contributed by atoms with Gasteiger partial charge in [-0.3, -0.25) is 4.79 Å². The van der Waals surface area contributed by atoms with Crippen molar-refractivity contribution in [1.29, 1.82) is 0 Å². The van der Waals surface area contributed by atoms with E-state index < -0.39 is 0 Å². The fourth-order valence-electron chi connectivity index (χ4n) is 5.13. The lowest BCUT2D eigenvalue weighted by Crippen LogP contribution is -2.46. The number of aryl methyl sites for hydroxylation is 1. The number of rotatable bonds is 7. The summed E-state index contributed by atoms with van der Waals surface area (Å²) in [6, 6.07) is 11.0. The Kier molecular flexibility index (Phi) is 6.34. The van der Waals surface area contributed by atoms with Crippen molar-refractivity contribution in [1.82, 2.24) is 14.8 Å². The fourth-order valence-corrected chi connectivity index (χ4v) is 5.13. The number of hydrogen-bond donors (Lipinski definition) is 1. The lowest BCUT2D eigenvalue weighted by atomic mass is 10.0. The molecule has 1 N–H and O–H groups in total. The van der Waals surface area contributed by atoms with Gasteiger partial charge >= 0.3 is 0 Å². The number of hydrogen-bond acceptors (Lipinski definition) is 3. The minimum atomic E-state index is -0.220. The van der Waals surface area contributed by atoms with E-state index in [-0.39, 0.29) is 11.7 Å². The average Bonchev–Trinajstić information content (AvgIpc) is 3.66. The molecule has 0 bridgehead atoms. The van der Waals surface area contributed by atoms with Crippen molar-refractivity contribution in [3.63, 3.8) is 0 Å². The normalized spacial score (nSPS) is 16.3. The summed E-state index contributed by atoms with van der Waals surface area (Å²) in [4.78, 5) is 17.8. The zero-order valence-electron chi connectivity index (χ0n) is 20.5. The summed E-state index contributed by atoms with van der Waals surface area (Å²) in [6.07, 6.45) is 2.58. The van der Waals surface area contributed by atoms with Crippen LogP contribution >= 0.6 is 0 Å². The van der Waals surface area contributed by atoms with Gasteiger partial charge in [-0.1, -0.05) is 12.1 Å². The molecule has 0 spiro atoms. The maximum absolute atomic E-state index is 13.5. The Morgan fingerprint density at radius 2 is 1.82 bits per heavy atom. The number of nitrogens with one attached hydrogen (secondary N) is 1. The highest BCUT2D eigenvalue weighted by molar-refractivity contribution is 6.04. The third-order valence-electron chi connectivity index (χ3n) is 7.51. The van der Waals surface area contributed by atoms with Gasteiger partial charge in [-0.15, -0.1) is 0 Å². The second-order valence-electron chi connectivity index (χ2n) is 9.84. The lowest BCUT2D eigenvalue weighted by molar-refractivity contribution is 0.0736. The van der Waals surface area contributed by atoms with Crippen LogP contribution in [0, 0.1) is 25.6 Å². The molecule has 180 valence electrons. The van der Waals surface area contributed by atoms with Crippen molar-refractivity contribution >= 4 is 22.5 Å². The summed E-state index contributed by atoms with van der Waals surface area (Å²) in [5, 5.41) is 4.51. The number of amides is 1. The van der Waals surface area contributed by atoms with Crippen molar-refractivity contribution in [2.24, 2.45) is 5.92 Å². The molecule has 2 heterocycles. The molecule has 1 saturated carbocycles. The van der Waals surface area contributed by atoms with Crippen LogP contribution in [-0.2, 0) is 13.1 Å². The largest absolute Gasteiger partial charge is 0.366 e. The van der Waals surface area contributed by atoms with Crippen LogP contribution in [0.15, 0.2) is 36.4 Å². The third kappa shape index (κ3) is 4.43. The van der Waals surface area contributed by atoms with Crippen LogP contribution < -0.4 is 10.2 Å². The molecule has 1 saturated heterocycles. The van der Waals surface area contributed by atoms with Crippen LogP contribution in [0.5, 0.6) is 0 Å². The molecule has 5 nitrogen and oxygen atoms in total. The summed E-state index contributed by atoms with van der Waals surface area (Å²) in [5.41, 5.74) is 6.68. The molecule has 34 heavy (non-hydrogen) atoms. The number of aromatic nitrogens is 1. The van der Waals surface area contributed by atoms with Crippen LogP contribution in [0.2, 0.25) is 0 Å². The van der Waals surface area contributed by atoms with Gasteiger partial charge < -0.3 is 19.7 Å². The predicted octanol–water partition coefficient (Wildman–Crippen LogP) is 4.88. The maximum atomic E-state index is 13.5. The zero-order valence-corrected chi connectivity index (χ0v) is 20.5. The summed E-state index contributed by atoms with van der Waals surface area (Å²) in [7, 11) is 0. The molecule has 0 unspecified atom stereocenters. The van der Waals surface area contributed by atoms with Gasteiger partial charge in [0, 0.05) is 62.5 Å². The topological polar surface area (TPSA) is 40.5 Å². The first-order valence-corrected chi connectivity index (χ1v) is 12.6. The van der Waals surface area contributed by atoms with E-state index in [4.69, 9.17) is 0 Å². The summed E-state index contributed by atoms with van der Waals surface area (Å²) in [6.45, 7) is 12.2. The Balaban J connectivity index is 1.63. The summed E-state index contributed by atoms with van der Waals surface area (Å²) >= 11 is 0. The van der Waals surface area contributed by atoms with Gasteiger partial charge in [0.25, 0.3) is 5.91 Å². The van der Waals surface area contributed by atoms with E-state index >= 15 is 0 Å². The molecular weight excluding hydrogens is 427 g/mol.